The van der Waals surface area contributed by atoms with Crippen LogP contribution in [0.2, 0.25) is 0 Å². The number of hydrogen-bond donors (Lipinski definition) is 1. The minimum atomic E-state index is 0.939. The van der Waals surface area contributed by atoms with E-state index in [0.717, 1.165) is 32.0 Å². The fourth-order valence-electron chi connectivity index (χ4n) is 3.34. The van der Waals surface area contributed by atoms with Gasteiger partial charge in [0, 0.05) is 13.1 Å². The van der Waals surface area contributed by atoms with E-state index in [4.69, 9.17) is 0 Å². The first-order chi connectivity index (χ1) is 9.79. The zero-order valence-corrected chi connectivity index (χ0v) is 13.2. The highest BCUT2D eigenvalue weighted by Crippen LogP contribution is 2.25. The molecule has 0 spiro atoms. The SMILES string of the molecule is CCNCCc1ccccc1CN(C)CC1CCCC1. The van der Waals surface area contributed by atoms with Gasteiger partial charge in [-0.1, -0.05) is 44.0 Å². The van der Waals surface area contributed by atoms with E-state index < -0.39 is 0 Å². The fourth-order valence-corrected chi connectivity index (χ4v) is 3.34. The third-order valence-electron chi connectivity index (χ3n) is 4.42. The second kappa shape index (κ2) is 8.43. The Kier molecular flexibility index (Phi) is 6.55. The molecule has 0 amide bonds. The second-order valence-electron chi connectivity index (χ2n) is 6.22. The summed E-state index contributed by atoms with van der Waals surface area (Å²) in [4.78, 5) is 2.52. The summed E-state index contributed by atoms with van der Waals surface area (Å²) in [5.74, 6) is 0.939. The van der Waals surface area contributed by atoms with E-state index in [2.05, 4.69) is 48.5 Å². The molecule has 0 aliphatic heterocycles. The molecule has 1 N–H and O–H groups in total. The molecule has 0 aromatic heterocycles. The molecule has 2 heteroatoms. The Labute approximate surface area is 124 Å². The minimum absolute atomic E-state index is 0.939. The number of hydrogen-bond acceptors (Lipinski definition) is 2. The molecule has 0 radical (unpaired) electrons. The zero-order chi connectivity index (χ0) is 14.2. The van der Waals surface area contributed by atoms with Crippen LogP contribution in [0.3, 0.4) is 0 Å². The van der Waals surface area contributed by atoms with E-state index >= 15 is 0 Å². The lowest BCUT2D eigenvalue weighted by Gasteiger charge is -2.22. The molecule has 1 aromatic carbocycles. The summed E-state index contributed by atoms with van der Waals surface area (Å²) in [7, 11) is 2.28. The van der Waals surface area contributed by atoms with E-state index in [-0.39, 0.29) is 0 Å². The molecule has 1 fully saturated rings. The highest BCUT2D eigenvalue weighted by molar-refractivity contribution is 5.27. The molecule has 20 heavy (non-hydrogen) atoms. The van der Waals surface area contributed by atoms with Gasteiger partial charge in [-0.05, 0) is 56.4 Å². The van der Waals surface area contributed by atoms with Gasteiger partial charge in [0.1, 0.15) is 0 Å². The predicted octanol–water partition coefficient (Wildman–Crippen LogP) is 3.46. The van der Waals surface area contributed by atoms with Gasteiger partial charge in [-0.2, -0.15) is 0 Å². The van der Waals surface area contributed by atoms with Crippen molar-refractivity contribution in [2.24, 2.45) is 5.92 Å². The Morgan fingerprint density at radius 2 is 1.85 bits per heavy atom. The van der Waals surface area contributed by atoms with Crippen LogP contribution < -0.4 is 5.32 Å². The van der Waals surface area contributed by atoms with Gasteiger partial charge < -0.3 is 10.2 Å². The highest BCUT2D eigenvalue weighted by Gasteiger charge is 2.17. The van der Waals surface area contributed by atoms with Crippen molar-refractivity contribution in [1.29, 1.82) is 0 Å². The van der Waals surface area contributed by atoms with Crippen molar-refractivity contribution in [3.05, 3.63) is 35.4 Å². The maximum absolute atomic E-state index is 3.42. The van der Waals surface area contributed by atoms with Crippen molar-refractivity contribution < 1.29 is 0 Å². The number of benzene rings is 1. The smallest absolute Gasteiger partial charge is 0.0233 e. The highest BCUT2D eigenvalue weighted by atomic mass is 15.1. The Morgan fingerprint density at radius 3 is 2.55 bits per heavy atom. The van der Waals surface area contributed by atoms with Gasteiger partial charge in [0.15, 0.2) is 0 Å². The largest absolute Gasteiger partial charge is 0.317 e. The quantitative estimate of drug-likeness (QED) is 0.730. The number of nitrogens with zero attached hydrogens (tertiary/aromatic N) is 1. The molecule has 0 atom stereocenters. The fraction of sp³-hybridized carbons (Fsp3) is 0.667. The van der Waals surface area contributed by atoms with Crippen molar-refractivity contribution >= 4 is 0 Å². The van der Waals surface area contributed by atoms with Gasteiger partial charge in [-0.3, -0.25) is 0 Å². The van der Waals surface area contributed by atoms with Gasteiger partial charge in [0.2, 0.25) is 0 Å². The maximum atomic E-state index is 3.42. The van der Waals surface area contributed by atoms with Crippen LogP contribution in [0, 0.1) is 5.92 Å². The number of nitrogens with one attached hydrogen (secondary N) is 1. The van der Waals surface area contributed by atoms with E-state index in [1.165, 1.54) is 43.4 Å². The minimum Gasteiger partial charge on any atom is -0.317 e. The molecule has 1 aliphatic rings. The molecule has 2 nitrogen and oxygen atoms in total. The Hall–Kier alpha value is -0.860. The Morgan fingerprint density at radius 1 is 1.15 bits per heavy atom. The van der Waals surface area contributed by atoms with Crippen LogP contribution in [0.5, 0.6) is 0 Å². The van der Waals surface area contributed by atoms with Crippen molar-refractivity contribution in [3.63, 3.8) is 0 Å². The zero-order valence-electron chi connectivity index (χ0n) is 13.2. The summed E-state index contributed by atoms with van der Waals surface area (Å²) in [6.07, 6.45) is 6.90. The molecular weight excluding hydrogens is 244 g/mol. The summed E-state index contributed by atoms with van der Waals surface area (Å²) in [5, 5.41) is 3.42. The lowest BCUT2D eigenvalue weighted by Crippen LogP contribution is -2.25. The van der Waals surface area contributed by atoms with Gasteiger partial charge in [0.25, 0.3) is 0 Å². The third-order valence-corrected chi connectivity index (χ3v) is 4.42. The average molecular weight is 274 g/mol. The normalized spacial score (nSPS) is 16.1. The van der Waals surface area contributed by atoms with Crippen LogP contribution in [0.25, 0.3) is 0 Å². The Bertz CT molecular complexity index is 383. The maximum Gasteiger partial charge on any atom is 0.0233 e. The summed E-state index contributed by atoms with van der Waals surface area (Å²) in [6, 6.07) is 8.93. The third kappa shape index (κ3) is 4.92. The molecule has 1 aliphatic carbocycles. The summed E-state index contributed by atoms with van der Waals surface area (Å²) in [5.41, 5.74) is 3.01. The average Bonchev–Trinajstić information content (AvgIpc) is 2.93. The van der Waals surface area contributed by atoms with Crippen molar-refractivity contribution in [1.82, 2.24) is 10.2 Å². The van der Waals surface area contributed by atoms with E-state index in [1.54, 1.807) is 0 Å². The van der Waals surface area contributed by atoms with E-state index in [0.29, 0.717) is 0 Å². The van der Waals surface area contributed by atoms with Crippen LogP contribution in [0.15, 0.2) is 24.3 Å². The van der Waals surface area contributed by atoms with Crippen molar-refractivity contribution in [2.75, 3.05) is 26.7 Å². The second-order valence-corrected chi connectivity index (χ2v) is 6.22. The summed E-state index contributed by atoms with van der Waals surface area (Å²) < 4.78 is 0. The van der Waals surface area contributed by atoms with Gasteiger partial charge in [0.05, 0.1) is 0 Å². The van der Waals surface area contributed by atoms with Crippen molar-refractivity contribution in [3.8, 4) is 0 Å². The molecule has 0 bridgehead atoms. The molecule has 0 heterocycles. The first-order valence-electron chi connectivity index (χ1n) is 8.25. The first kappa shape index (κ1) is 15.5. The molecule has 112 valence electrons. The number of likely N-dealkylation sites (N-methyl/N-ethyl adjacent to an activating group) is 1. The predicted molar refractivity (Wildman–Crippen MR) is 87.0 cm³/mol. The van der Waals surface area contributed by atoms with Gasteiger partial charge in [-0.25, -0.2) is 0 Å². The molecule has 1 aromatic rings. The standard InChI is InChI=1S/C18H30N2/c1-3-19-13-12-17-10-6-7-11-18(17)15-20(2)14-16-8-4-5-9-16/h6-7,10-11,16,19H,3-5,8-9,12-15H2,1-2H3. The molecular formula is C18H30N2. The summed E-state index contributed by atoms with van der Waals surface area (Å²) in [6.45, 7) is 6.67. The van der Waals surface area contributed by atoms with Crippen molar-refractivity contribution in [2.45, 2.75) is 45.6 Å². The van der Waals surface area contributed by atoms with Gasteiger partial charge in [-0.15, -0.1) is 0 Å². The summed E-state index contributed by atoms with van der Waals surface area (Å²) >= 11 is 0. The topological polar surface area (TPSA) is 15.3 Å². The lowest BCUT2D eigenvalue weighted by atomic mass is 10.0. The van der Waals surface area contributed by atoms with Crippen LogP contribution in [-0.4, -0.2) is 31.6 Å². The number of rotatable bonds is 8. The van der Waals surface area contributed by atoms with E-state index in [9.17, 15) is 0 Å². The van der Waals surface area contributed by atoms with Crippen LogP contribution in [-0.2, 0) is 13.0 Å². The first-order valence-corrected chi connectivity index (χ1v) is 8.25. The molecule has 0 unspecified atom stereocenters. The van der Waals surface area contributed by atoms with Crippen LogP contribution >= 0.6 is 0 Å². The van der Waals surface area contributed by atoms with Crippen LogP contribution in [0.4, 0.5) is 0 Å². The van der Waals surface area contributed by atoms with Gasteiger partial charge >= 0.3 is 0 Å². The van der Waals surface area contributed by atoms with E-state index in [1.807, 2.05) is 0 Å². The lowest BCUT2D eigenvalue weighted by molar-refractivity contribution is 0.270. The molecule has 0 saturated heterocycles. The molecule has 1 saturated carbocycles. The molecule has 2 rings (SSSR count). The van der Waals surface area contributed by atoms with Crippen LogP contribution in [0.1, 0.15) is 43.7 Å². The Balaban J connectivity index is 1.86. The monoisotopic (exact) mass is 274 g/mol.